The first-order chi connectivity index (χ1) is 8.15. The van der Waals surface area contributed by atoms with Gasteiger partial charge in [0.25, 0.3) is 0 Å². The zero-order valence-corrected chi connectivity index (χ0v) is 10.4. The molecule has 0 aliphatic carbocycles. The Hall–Kier alpha value is -0.940. The van der Waals surface area contributed by atoms with Crippen LogP contribution < -0.4 is 10.6 Å². The Kier molecular flexibility index (Phi) is 4.12. The van der Waals surface area contributed by atoms with Crippen molar-refractivity contribution in [2.24, 2.45) is 0 Å². The van der Waals surface area contributed by atoms with Crippen LogP contribution in [0.3, 0.4) is 0 Å². The van der Waals surface area contributed by atoms with Gasteiger partial charge in [-0.1, -0.05) is 6.42 Å². The van der Waals surface area contributed by atoms with Crippen molar-refractivity contribution < 1.29 is 9.59 Å². The van der Waals surface area contributed by atoms with Crippen LogP contribution >= 0.6 is 0 Å². The molecule has 0 aromatic heterocycles. The van der Waals surface area contributed by atoms with Gasteiger partial charge in [-0.3, -0.25) is 19.8 Å². The summed E-state index contributed by atoms with van der Waals surface area (Å²) in [7, 11) is 0. The minimum atomic E-state index is -0.176. The lowest BCUT2D eigenvalue weighted by molar-refractivity contribution is -0.137. The molecule has 96 valence electrons. The van der Waals surface area contributed by atoms with Crippen molar-refractivity contribution in [3.8, 4) is 0 Å². The van der Waals surface area contributed by atoms with E-state index in [1.165, 1.54) is 19.3 Å². The number of rotatable bonds is 3. The van der Waals surface area contributed by atoms with E-state index in [0.717, 1.165) is 13.0 Å². The molecule has 2 fully saturated rings. The van der Waals surface area contributed by atoms with Gasteiger partial charge in [0.2, 0.25) is 11.8 Å². The summed E-state index contributed by atoms with van der Waals surface area (Å²) in [6.07, 6.45) is 4.76. The van der Waals surface area contributed by atoms with Crippen molar-refractivity contribution >= 4 is 11.8 Å². The van der Waals surface area contributed by atoms with Gasteiger partial charge in [0.1, 0.15) is 0 Å². The van der Waals surface area contributed by atoms with Crippen molar-refractivity contribution in [2.75, 3.05) is 19.6 Å². The number of imide groups is 1. The van der Waals surface area contributed by atoms with E-state index >= 15 is 0 Å². The minimum Gasteiger partial charge on any atom is -0.314 e. The molecule has 0 bridgehead atoms. The Labute approximate surface area is 102 Å². The summed E-state index contributed by atoms with van der Waals surface area (Å²) in [5.41, 5.74) is 0. The molecule has 2 aliphatic rings. The Morgan fingerprint density at radius 3 is 2.59 bits per heavy atom. The maximum Gasteiger partial charge on any atom is 0.240 e. The summed E-state index contributed by atoms with van der Waals surface area (Å²) in [6.45, 7) is 3.89. The molecule has 0 spiro atoms. The van der Waals surface area contributed by atoms with E-state index in [1.807, 2.05) is 4.90 Å². The van der Waals surface area contributed by atoms with E-state index in [9.17, 15) is 9.59 Å². The summed E-state index contributed by atoms with van der Waals surface area (Å²) in [6, 6.07) is 0.819. The van der Waals surface area contributed by atoms with E-state index in [1.54, 1.807) is 0 Å². The maximum atomic E-state index is 11.3. The van der Waals surface area contributed by atoms with Crippen molar-refractivity contribution in [1.29, 1.82) is 0 Å². The van der Waals surface area contributed by atoms with E-state index < -0.39 is 0 Å². The summed E-state index contributed by atoms with van der Waals surface area (Å²) in [4.78, 5) is 24.6. The first-order valence-electron chi connectivity index (χ1n) is 6.45. The number of piperidine rings is 1. The molecule has 5 nitrogen and oxygen atoms in total. The van der Waals surface area contributed by atoms with Crippen molar-refractivity contribution in [3.05, 3.63) is 0 Å². The largest absolute Gasteiger partial charge is 0.314 e. The number of nitrogens with zero attached hydrogens (tertiary/aromatic N) is 1. The Bertz CT molecular complexity index is 284. The van der Waals surface area contributed by atoms with Crippen molar-refractivity contribution in [1.82, 2.24) is 15.5 Å². The third-order valence-corrected chi connectivity index (χ3v) is 3.63. The highest BCUT2D eigenvalue weighted by Gasteiger charge is 2.27. The first-order valence-corrected chi connectivity index (χ1v) is 6.45. The van der Waals surface area contributed by atoms with E-state index in [-0.39, 0.29) is 17.9 Å². The number of carbonyl (C=O) groups is 2. The van der Waals surface area contributed by atoms with Crippen LogP contribution in [0.2, 0.25) is 0 Å². The lowest BCUT2D eigenvalue weighted by Gasteiger charge is -2.34. The number of amides is 2. The second kappa shape index (κ2) is 5.60. The van der Waals surface area contributed by atoms with Crippen LogP contribution in [0.15, 0.2) is 0 Å². The van der Waals surface area contributed by atoms with E-state index in [4.69, 9.17) is 0 Å². The smallest absolute Gasteiger partial charge is 0.240 e. The zero-order chi connectivity index (χ0) is 12.3. The Morgan fingerprint density at radius 1 is 1.29 bits per heavy atom. The number of hydrogen-bond acceptors (Lipinski definition) is 4. The molecule has 17 heavy (non-hydrogen) atoms. The zero-order valence-electron chi connectivity index (χ0n) is 10.4. The molecule has 0 radical (unpaired) electrons. The SMILES string of the molecule is CC(CC1CCCCN1)N1CC(=O)NC(=O)C1. The summed E-state index contributed by atoms with van der Waals surface area (Å²) < 4.78 is 0. The second-order valence-electron chi connectivity index (χ2n) is 5.11. The maximum absolute atomic E-state index is 11.3. The van der Waals surface area contributed by atoms with E-state index in [0.29, 0.717) is 19.1 Å². The van der Waals surface area contributed by atoms with Gasteiger partial charge in [-0.2, -0.15) is 0 Å². The van der Waals surface area contributed by atoms with Crippen LogP contribution in [-0.4, -0.2) is 48.4 Å². The number of piperazine rings is 1. The fraction of sp³-hybridized carbons (Fsp3) is 0.833. The van der Waals surface area contributed by atoms with Crippen LogP contribution in [0.4, 0.5) is 0 Å². The molecule has 0 saturated carbocycles. The van der Waals surface area contributed by atoms with Gasteiger partial charge in [-0.25, -0.2) is 0 Å². The molecule has 2 rings (SSSR count). The highest BCUT2D eigenvalue weighted by Crippen LogP contribution is 2.15. The molecular formula is C12H21N3O2. The third-order valence-electron chi connectivity index (χ3n) is 3.63. The Balaban J connectivity index is 1.83. The highest BCUT2D eigenvalue weighted by molar-refractivity contribution is 5.99. The topological polar surface area (TPSA) is 61.4 Å². The van der Waals surface area contributed by atoms with Gasteiger partial charge < -0.3 is 5.32 Å². The molecule has 5 heteroatoms. The first kappa shape index (κ1) is 12.5. The summed E-state index contributed by atoms with van der Waals surface area (Å²) >= 11 is 0. The van der Waals surface area contributed by atoms with E-state index in [2.05, 4.69) is 17.6 Å². The number of carbonyl (C=O) groups excluding carboxylic acids is 2. The van der Waals surface area contributed by atoms with Gasteiger partial charge >= 0.3 is 0 Å². The van der Waals surface area contributed by atoms with Gasteiger partial charge in [0.15, 0.2) is 0 Å². The quantitative estimate of drug-likeness (QED) is 0.673. The van der Waals surface area contributed by atoms with Crippen LogP contribution in [0.1, 0.15) is 32.6 Å². The molecule has 2 heterocycles. The molecule has 2 N–H and O–H groups in total. The van der Waals surface area contributed by atoms with Crippen LogP contribution in [0, 0.1) is 0 Å². The van der Waals surface area contributed by atoms with Gasteiger partial charge in [0, 0.05) is 12.1 Å². The van der Waals surface area contributed by atoms with Crippen LogP contribution in [0.5, 0.6) is 0 Å². The molecule has 0 aromatic carbocycles. The molecule has 0 aromatic rings. The monoisotopic (exact) mass is 239 g/mol. The summed E-state index contributed by atoms with van der Waals surface area (Å²) in [5.74, 6) is -0.352. The average molecular weight is 239 g/mol. The predicted octanol–water partition coefficient (Wildman–Crippen LogP) is -0.134. The lowest BCUT2D eigenvalue weighted by Crippen LogP contribution is -2.55. The molecule has 2 unspecified atom stereocenters. The normalized spacial score (nSPS) is 28.9. The average Bonchev–Trinajstić information content (AvgIpc) is 2.29. The summed E-state index contributed by atoms with van der Waals surface area (Å²) in [5, 5.41) is 5.83. The number of hydrogen-bond donors (Lipinski definition) is 2. The second-order valence-corrected chi connectivity index (χ2v) is 5.11. The molecule has 2 atom stereocenters. The van der Waals surface area contributed by atoms with Crippen molar-refractivity contribution in [3.63, 3.8) is 0 Å². The third kappa shape index (κ3) is 3.51. The van der Waals surface area contributed by atoms with Crippen LogP contribution in [-0.2, 0) is 9.59 Å². The molecular weight excluding hydrogens is 218 g/mol. The minimum absolute atomic E-state index is 0.176. The standard InChI is InChI=1S/C12H21N3O2/c1-9(6-10-4-2-3-5-13-10)15-7-11(16)14-12(17)8-15/h9-10,13H,2-8H2,1H3,(H,14,16,17). The lowest BCUT2D eigenvalue weighted by atomic mass is 9.98. The van der Waals surface area contributed by atoms with Gasteiger partial charge in [0.05, 0.1) is 13.1 Å². The van der Waals surface area contributed by atoms with Crippen LogP contribution in [0.25, 0.3) is 0 Å². The van der Waals surface area contributed by atoms with Gasteiger partial charge in [-0.05, 0) is 32.7 Å². The highest BCUT2D eigenvalue weighted by atomic mass is 16.2. The molecule has 2 saturated heterocycles. The number of nitrogens with one attached hydrogen (secondary N) is 2. The molecule has 2 amide bonds. The Morgan fingerprint density at radius 2 is 2.00 bits per heavy atom. The molecule has 2 aliphatic heterocycles. The van der Waals surface area contributed by atoms with Gasteiger partial charge in [-0.15, -0.1) is 0 Å². The predicted molar refractivity (Wildman–Crippen MR) is 64.4 cm³/mol. The fourth-order valence-electron chi connectivity index (χ4n) is 2.66. The van der Waals surface area contributed by atoms with Crippen molar-refractivity contribution in [2.45, 2.75) is 44.7 Å². The fourth-order valence-corrected chi connectivity index (χ4v) is 2.66.